The van der Waals surface area contributed by atoms with Crippen LogP contribution in [0.15, 0.2) is 36.4 Å². The average Bonchev–Trinajstić information content (AvgIpc) is 3.37. The van der Waals surface area contributed by atoms with Crippen molar-refractivity contribution in [3.05, 3.63) is 42.0 Å². The van der Waals surface area contributed by atoms with Crippen molar-refractivity contribution in [1.82, 2.24) is 21.3 Å². The van der Waals surface area contributed by atoms with Crippen LogP contribution in [0, 0.1) is 0 Å². The zero-order valence-corrected chi connectivity index (χ0v) is 43.2. The molecule has 5 rings (SSSR count). The van der Waals surface area contributed by atoms with Crippen LogP contribution in [0.25, 0.3) is 0 Å². The molecule has 426 valence electrons. The highest BCUT2D eigenvalue weighted by molar-refractivity contribution is 7.75. The summed E-state index contributed by atoms with van der Waals surface area (Å²) in [5.74, 6) is -2.40. The van der Waals surface area contributed by atoms with E-state index in [1.165, 1.54) is 31.4 Å². The standard InChI is InChI=1S/C48H76N4O22S/c1-5-6-7-8-9-10-11-12-13-18-66-27-16-14-26(15-17-27)44(64)52-33-37(60)36(59)28(19-53)69-46(33)72-41-29(20-54)70-47(34(39(41)62)50-24(3)57)73-42-30(21-55)71-48(35(40(42)63)51-25(4)58)74-43-31(22-67-75)68-45(65)32(38(43)61)49-23(2)56/h10-11,14-17,28-43,45-48,53-55,59-63,65,75H,5-9,12-13,18-22H2,1-4H3,(H,49,56)(H,50,57)(H,51,58)(H,52,64)/b11-10-. The van der Waals surface area contributed by atoms with Gasteiger partial charge in [0.05, 0.1) is 33.0 Å². The van der Waals surface area contributed by atoms with Crippen LogP contribution >= 0.6 is 12.9 Å². The van der Waals surface area contributed by atoms with Gasteiger partial charge in [-0.1, -0.05) is 38.3 Å². The number of carbonyl (C=O) groups excluding carboxylic acids is 4. The van der Waals surface area contributed by atoms with Crippen LogP contribution in [0.1, 0.15) is 83.0 Å². The number of nitrogens with one attached hydrogen (secondary N) is 4. The number of benzene rings is 1. The molecular formula is C48H76N4O22S. The Kier molecular flexibility index (Phi) is 25.2. The van der Waals surface area contributed by atoms with E-state index in [0.29, 0.717) is 12.4 Å². The van der Waals surface area contributed by atoms with Crippen molar-refractivity contribution in [2.24, 2.45) is 0 Å². The fourth-order valence-electron chi connectivity index (χ4n) is 9.25. The lowest BCUT2D eigenvalue weighted by molar-refractivity contribution is -0.361. The number of carbonyl (C=O) groups is 4. The van der Waals surface area contributed by atoms with Gasteiger partial charge in [0.25, 0.3) is 5.91 Å². The molecule has 4 heterocycles. The molecule has 0 radical (unpaired) electrons. The molecule has 1 aromatic rings. The number of ether oxygens (including phenoxy) is 8. The lowest BCUT2D eigenvalue weighted by atomic mass is 9.93. The van der Waals surface area contributed by atoms with E-state index in [1.54, 1.807) is 12.1 Å². The predicted octanol–water partition coefficient (Wildman–Crippen LogP) is -3.32. The van der Waals surface area contributed by atoms with Gasteiger partial charge in [0.1, 0.15) is 103 Å². The van der Waals surface area contributed by atoms with Crippen molar-refractivity contribution < 1.29 is 107 Å². The molecule has 26 nitrogen and oxygen atoms in total. The summed E-state index contributed by atoms with van der Waals surface area (Å²) in [4.78, 5) is 50.9. The summed E-state index contributed by atoms with van der Waals surface area (Å²) in [6.07, 6.45) is -15.4. The van der Waals surface area contributed by atoms with Crippen molar-refractivity contribution in [3.8, 4) is 5.75 Å². The number of thiol groups is 1. The first-order valence-corrected chi connectivity index (χ1v) is 25.5. The Labute approximate surface area is 439 Å². The summed E-state index contributed by atoms with van der Waals surface area (Å²) in [6.45, 7) is 2.81. The van der Waals surface area contributed by atoms with E-state index in [1.807, 2.05) is 0 Å². The van der Waals surface area contributed by atoms with Gasteiger partial charge in [-0.15, -0.1) is 0 Å². The Morgan fingerprint density at radius 3 is 1.49 bits per heavy atom. The number of unbranched alkanes of at least 4 members (excludes halogenated alkanes) is 5. The third kappa shape index (κ3) is 16.9. The van der Waals surface area contributed by atoms with E-state index in [9.17, 15) is 65.1 Å². The van der Waals surface area contributed by atoms with E-state index < -0.39 is 173 Å². The van der Waals surface area contributed by atoms with E-state index in [0.717, 1.165) is 46.5 Å². The summed E-state index contributed by atoms with van der Waals surface area (Å²) in [5, 5.41) is 109. The molecule has 1 aromatic carbocycles. The second-order valence-electron chi connectivity index (χ2n) is 18.8. The zero-order valence-electron chi connectivity index (χ0n) is 42.3. The topological polar surface area (TPSA) is 382 Å². The number of rotatable bonds is 26. The first kappa shape index (κ1) is 62.2. The molecule has 0 aromatic heterocycles. The highest BCUT2D eigenvalue weighted by Gasteiger charge is 2.56. The SMILES string of the molecule is CCCCCC/C=C\CCCOc1ccc(C(=O)NC2C(OC3C(CO)OC(OC4C(CO)OC(OC5C(COS)OC(O)C(NC(C)=O)C5O)C(NC(C)=O)C4O)C(NC(C)=O)C3O)OC(CO)C(O)C2O)cc1. The molecule has 4 saturated heterocycles. The average molecular weight is 1090 g/mol. The van der Waals surface area contributed by atoms with Crippen LogP contribution in [0.4, 0.5) is 0 Å². The van der Waals surface area contributed by atoms with Crippen LogP contribution in [0.5, 0.6) is 5.75 Å². The molecule has 75 heavy (non-hydrogen) atoms. The number of amides is 4. The van der Waals surface area contributed by atoms with Crippen LogP contribution < -0.4 is 26.0 Å². The summed E-state index contributed by atoms with van der Waals surface area (Å²) >= 11 is 3.73. The maximum Gasteiger partial charge on any atom is 0.251 e. The second kappa shape index (κ2) is 30.5. The van der Waals surface area contributed by atoms with Crippen molar-refractivity contribution >= 4 is 36.5 Å². The Bertz CT molecular complexity index is 1960. The second-order valence-corrected chi connectivity index (χ2v) is 19.1. The van der Waals surface area contributed by atoms with Gasteiger partial charge in [-0.3, -0.25) is 19.2 Å². The normalized spacial score (nSPS) is 36.1. The fourth-order valence-corrected chi connectivity index (χ4v) is 9.40. The zero-order chi connectivity index (χ0) is 54.9. The minimum absolute atomic E-state index is 0.107. The lowest BCUT2D eigenvalue weighted by Gasteiger charge is -2.51. The van der Waals surface area contributed by atoms with Gasteiger partial charge in [0.2, 0.25) is 17.7 Å². The van der Waals surface area contributed by atoms with E-state index in [4.69, 9.17) is 42.1 Å². The van der Waals surface area contributed by atoms with Gasteiger partial charge in [-0.25, -0.2) is 0 Å². The number of hydrogen-bond acceptors (Lipinski definition) is 23. The van der Waals surface area contributed by atoms with Crippen molar-refractivity contribution in [1.29, 1.82) is 0 Å². The van der Waals surface area contributed by atoms with Crippen LogP contribution in [0.3, 0.4) is 0 Å². The molecule has 4 aliphatic heterocycles. The van der Waals surface area contributed by atoms with E-state index in [2.05, 4.69) is 53.3 Å². The minimum Gasteiger partial charge on any atom is -0.494 e. The van der Waals surface area contributed by atoms with E-state index >= 15 is 0 Å². The number of allylic oxidation sites excluding steroid dienone is 2. The highest BCUT2D eigenvalue weighted by Crippen LogP contribution is 2.35. The van der Waals surface area contributed by atoms with Crippen molar-refractivity contribution in [3.63, 3.8) is 0 Å². The summed E-state index contributed by atoms with van der Waals surface area (Å²) in [6, 6.07) is -0.186. The monoisotopic (exact) mass is 1090 g/mol. The van der Waals surface area contributed by atoms with Gasteiger partial charge >= 0.3 is 0 Å². The minimum atomic E-state index is -1.93. The molecule has 20 atom stereocenters. The molecule has 4 amide bonds. The van der Waals surface area contributed by atoms with E-state index in [-0.39, 0.29) is 5.56 Å². The van der Waals surface area contributed by atoms with Gasteiger partial charge in [0.15, 0.2) is 25.2 Å². The lowest BCUT2D eigenvalue weighted by Crippen LogP contribution is -2.71. The molecule has 0 aliphatic carbocycles. The van der Waals surface area contributed by atoms with Crippen LogP contribution in [-0.4, -0.2) is 225 Å². The largest absolute Gasteiger partial charge is 0.494 e. The van der Waals surface area contributed by atoms with Gasteiger partial charge in [-0.05, 0) is 62.9 Å². The number of aliphatic hydroxyl groups is 9. The smallest absolute Gasteiger partial charge is 0.251 e. The molecule has 20 unspecified atom stereocenters. The molecule has 0 saturated carbocycles. The molecule has 27 heteroatoms. The van der Waals surface area contributed by atoms with Crippen LogP contribution in [-0.2, 0) is 51.7 Å². The maximum absolute atomic E-state index is 13.7. The third-order valence-electron chi connectivity index (χ3n) is 13.1. The Balaban J connectivity index is 1.31. The fraction of sp³-hybridized carbons (Fsp3) is 0.750. The Morgan fingerprint density at radius 1 is 0.560 bits per heavy atom. The third-order valence-corrected chi connectivity index (χ3v) is 13.2. The maximum atomic E-state index is 13.7. The van der Waals surface area contributed by atoms with Crippen molar-refractivity contribution in [2.45, 2.75) is 195 Å². The molecule has 13 N–H and O–H groups in total. The summed E-state index contributed by atoms with van der Waals surface area (Å²) in [5.41, 5.74) is 0.107. The predicted molar refractivity (Wildman–Crippen MR) is 261 cm³/mol. The Hall–Kier alpha value is -3.69. The van der Waals surface area contributed by atoms with Gasteiger partial charge < -0.3 is 109 Å². The summed E-state index contributed by atoms with van der Waals surface area (Å²) < 4.78 is 52.6. The Morgan fingerprint density at radius 2 is 1.01 bits per heavy atom. The van der Waals surface area contributed by atoms with Crippen LogP contribution in [0.2, 0.25) is 0 Å². The first-order chi connectivity index (χ1) is 35.9. The quantitative estimate of drug-likeness (QED) is 0.0187. The number of aliphatic hydroxyl groups excluding tert-OH is 9. The molecule has 0 spiro atoms. The highest BCUT2D eigenvalue weighted by atomic mass is 32.1. The van der Waals surface area contributed by atoms with Gasteiger partial charge in [-0.2, -0.15) is 0 Å². The first-order valence-electron chi connectivity index (χ1n) is 25.1. The molecule has 4 fully saturated rings. The van der Waals surface area contributed by atoms with Gasteiger partial charge in [0, 0.05) is 26.3 Å². The summed E-state index contributed by atoms with van der Waals surface area (Å²) in [7, 11) is 0. The van der Waals surface area contributed by atoms with Crippen molar-refractivity contribution in [2.75, 3.05) is 33.0 Å². The number of hydrogen-bond donors (Lipinski definition) is 14. The molecule has 0 bridgehead atoms. The molecular weight excluding hydrogens is 1020 g/mol. The molecule has 4 aliphatic rings.